The molecule has 0 atom stereocenters. The third-order valence-corrected chi connectivity index (χ3v) is 1.18. The molecule has 0 fully saturated rings. The number of carbonyl (C=O) groups is 1. The smallest absolute Gasteiger partial charge is 0.223 e. The molecule has 0 aliphatic rings. The first-order chi connectivity index (χ1) is 4.81. The van der Waals surface area contributed by atoms with Crippen LogP contribution in [0.25, 0.3) is 0 Å². The Kier molecular flexibility index (Phi) is 5.83. The second-order valence-electron chi connectivity index (χ2n) is 2.20. The Morgan fingerprint density at radius 1 is 1.70 bits per heavy atom. The zero-order valence-corrected chi connectivity index (χ0v) is 6.52. The molecule has 10 heavy (non-hydrogen) atoms. The minimum Gasteiger partial charge on any atom is -0.356 e. The van der Waals surface area contributed by atoms with Gasteiger partial charge in [0.15, 0.2) is 0 Å². The molecule has 0 bridgehead atoms. The van der Waals surface area contributed by atoms with Gasteiger partial charge in [-0.3, -0.25) is 4.79 Å². The van der Waals surface area contributed by atoms with E-state index in [2.05, 4.69) is 18.8 Å². The number of hydrogen-bond acceptors (Lipinski definition) is 1. The van der Waals surface area contributed by atoms with Crippen molar-refractivity contribution in [2.24, 2.45) is 0 Å². The summed E-state index contributed by atoms with van der Waals surface area (Å²) in [5.41, 5.74) is 0. The van der Waals surface area contributed by atoms with E-state index in [1.807, 2.05) is 0 Å². The maximum Gasteiger partial charge on any atom is 0.223 e. The number of rotatable bonds is 5. The predicted molar refractivity (Wildman–Crippen MR) is 42.7 cm³/mol. The second kappa shape index (κ2) is 6.33. The summed E-state index contributed by atoms with van der Waals surface area (Å²) in [6.07, 6.45) is 4.22. The molecule has 0 aromatic rings. The topological polar surface area (TPSA) is 29.1 Å². The van der Waals surface area contributed by atoms with Crippen molar-refractivity contribution < 1.29 is 4.79 Å². The monoisotopic (exact) mass is 141 g/mol. The van der Waals surface area contributed by atoms with Gasteiger partial charge in [-0.15, -0.1) is 6.58 Å². The largest absolute Gasteiger partial charge is 0.356 e. The van der Waals surface area contributed by atoms with Gasteiger partial charge in [0, 0.05) is 13.0 Å². The van der Waals surface area contributed by atoms with E-state index in [1.54, 1.807) is 6.08 Å². The molecule has 0 rings (SSSR count). The molecule has 0 saturated carbocycles. The van der Waals surface area contributed by atoms with Crippen LogP contribution in [0.3, 0.4) is 0 Å². The predicted octanol–water partition coefficient (Wildman–Crippen LogP) is 1.48. The molecule has 0 aromatic carbocycles. The molecule has 1 amide bonds. The van der Waals surface area contributed by atoms with Crippen LogP contribution < -0.4 is 5.32 Å². The average molecular weight is 141 g/mol. The van der Waals surface area contributed by atoms with Gasteiger partial charge in [0.25, 0.3) is 0 Å². The van der Waals surface area contributed by atoms with E-state index in [0.717, 1.165) is 19.4 Å². The van der Waals surface area contributed by atoms with Crippen LogP contribution in [0.2, 0.25) is 0 Å². The molecule has 0 spiro atoms. The number of unbranched alkanes of at least 4 members (excludes halogenated alkanes) is 1. The molecule has 0 heterocycles. The molecule has 58 valence electrons. The Morgan fingerprint density at radius 2 is 2.40 bits per heavy atom. The molecule has 2 heteroatoms. The molecular formula is C8H15NO. The summed E-state index contributed by atoms with van der Waals surface area (Å²) in [6.45, 7) is 6.36. The standard InChI is InChI=1S/C8H15NO/c1-3-5-7-9-8(10)6-4-2/h4H,2-3,5-7H2,1H3,(H,9,10). The van der Waals surface area contributed by atoms with E-state index in [-0.39, 0.29) is 5.91 Å². The van der Waals surface area contributed by atoms with Crippen molar-refractivity contribution in [1.82, 2.24) is 5.32 Å². The van der Waals surface area contributed by atoms with Crippen molar-refractivity contribution in [3.05, 3.63) is 12.7 Å². The van der Waals surface area contributed by atoms with Crippen LogP contribution in [0.15, 0.2) is 12.7 Å². The third-order valence-electron chi connectivity index (χ3n) is 1.18. The zero-order valence-electron chi connectivity index (χ0n) is 6.52. The van der Waals surface area contributed by atoms with Crippen LogP contribution in [0, 0.1) is 0 Å². The van der Waals surface area contributed by atoms with Crippen LogP contribution in [0.5, 0.6) is 0 Å². The summed E-state index contributed by atoms with van der Waals surface area (Å²) in [5.74, 6) is 0.0726. The molecule has 0 aromatic heterocycles. The minimum atomic E-state index is 0.0726. The highest BCUT2D eigenvalue weighted by molar-refractivity contribution is 5.77. The van der Waals surface area contributed by atoms with Gasteiger partial charge < -0.3 is 5.32 Å². The molecule has 0 aliphatic heterocycles. The van der Waals surface area contributed by atoms with E-state index in [9.17, 15) is 4.79 Å². The van der Waals surface area contributed by atoms with Crippen LogP contribution in [-0.4, -0.2) is 12.5 Å². The van der Waals surface area contributed by atoms with Crippen LogP contribution in [-0.2, 0) is 4.79 Å². The van der Waals surface area contributed by atoms with Gasteiger partial charge in [0.2, 0.25) is 5.91 Å². The third kappa shape index (κ3) is 5.35. The van der Waals surface area contributed by atoms with Crippen LogP contribution in [0.1, 0.15) is 26.2 Å². The molecular weight excluding hydrogens is 126 g/mol. The van der Waals surface area contributed by atoms with E-state index < -0.39 is 0 Å². The van der Waals surface area contributed by atoms with E-state index in [1.165, 1.54) is 0 Å². The summed E-state index contributed by atoms with van der Waals surface area (Å²) >= 11 is 0. The normalized spacial score (nSPS) is 8.90. The lowest BCUT2D eigenvalue weighted by Crippen LogP contribution is -2.23. The highest BCUT2D eigenvalue weighted by Gasteiger charge is 1.93. The van der Waals surface area contributed by atoms with Gasteiger partial charge >= 0.3 is 0 Å². The fourth-order valence-corrected chi connectivity index (χ4v) is 0.608. The zero-order chi connectivity index (χ0) is 7.82. The Labute approximate surface area is 62.3 Å². The van der Waals surface area contributed by atoms with E-state index >= 15 is 0 Å². The molecule has 0 unspecified atom stereocenters. The Hall–Kier alpha value is -0.790. The average Bonchev–Trinajstić information content (AvgIpc) is 1.89. The lowest BCUT2D eigenvalue weighted by atomic mass is 10.3. The first kappa shape index (κ1) is 9.21. The van der Waals surface area contributed by atoms with Gasteiger partial charge in [-0.25, -0.2) is 0 Å². The van der Waals surface area contributed by atoms with Crippen LogP contribution >= 0.6 is 0 Å². The van der Waals surface area contributed by atoms with Crippen molar-refractivity contribution in [1.29, 1.82) is 0 Å². The summed E-state index contributed by atoms with van der Waals surface area (Å²) in [6, 6.07) is 0. The lowest BCUT2D eigenvalue weighted by Gasteiger charge is -1.99. The quantitative estimate of drug-likeness (QED) is 0.456. The van der Waals surface area contributed by atoms with Crippen molar-refractivity contribution >= 4 is 5.91 Å². The first-order valence-corrected chi connectivity index (χ1v) is 3.68. The second-order valence-corrected chi connectivity index (χ2v) is 2.20. The van der Waals surface area contributed by atoms with Crippen molar-refractivity contribution in [3.63, 3.8) is 0 Å². The maximum atomic E-state index is 10.7. The SMILES string of the molecule is C=CCC(=O)NCCCC. The fourth-order valence-electron chi connectivity index (χ4n) is 0.608. The maximum absolute atomic E-state index is 10.7. The van der Waals surface area contributed by atoms with Crippen molar-refractivity contribution in [2.75, 3.05) is 6.54 Å². The van der Waals surface area contributed by atoms with Crippen molar-refractivity contribution in [2.45, 2.75) is 26.2 Å². The first-order valence-electron chi connectivity index (χ1n) is 3.68. The Morgan fingerprint density at radius 3 is 2.90 bits per heavy atom. The Bertz CT molecular complexity index is 110. The van der Waals surface area contributed by atoms with Gasteiger partial charge in [-0.2, -0.15) is 0 Å². The van der Waals surface area contributed by atoms with Crippen LogP contribution in [0.4, 0.5) is 0 Å². The number of nitrogens with one attached hydrogen (secondary N) is 1. The molecule has 1 N–H and O–H groups in total. The lowest BCUT2D eigenvalue weighted by molar-refractivity contribution is -0.120. The number of hydrogen-bond donors (Lipinski definition) is 1. The Balaban J connectivity index is 3.13. The fraction of sp³-hybridized carbons (Fsp3) is 0.625. The minimum absolute atomic E-state index is 0.0726. The van der Waals surface area contributed by atoms with E-state index in [4.69, 9.17) is 0 Å². The number of carbonyl (C=O) groups excluding carboxylic acids is 1. The van der Waals surface area contributed by atoms with Gasteiger partial charge in [-0.1, -0.05) is 19.4 Å². The summed E-state index contributed by atoms with van der Waals surface area (Å²) in [4.78, 5) is 10.7. The summed E-state index contributed by atoms with van der Waals surface area (Å²) < 4.78 is 0. The highest BCUT2D eigenvalue weighted by Crippen LogP contribution is 1.84. The van der Waals surface area contributed by atoms with E-state index in [0.29, 0.717) is 6.42 Å². The highest BCUT2D eigenvalue weighted by atomic mass is 16.1. The summed E-state index contributed by atoms with van der Waals surface area (Å²) in [7, 11) is 0. The molecule has 2 nitrogen and oxygen atoms in total. The van der Waals surface area contributed by atoms with Crippen molar-refractivity contribution in [3.8, 4) is 0 Å². The van der Waals surface area contributed by atoms with Gasteiger partial charge in [-0.05, 0) is 6.42 Å². The molecule has 0 aliphatic carbocycles. The number of amides is 1. The molecule has 0 radical (unpaired) electrons. The van der Waals surface area contributed by atoms with Gasteiger partial charge in [0.1, 0.15) is 0 Å². The molecule has 0 saturated heterocycles. The summed E-state index contributed by atoms with van der Waals surface area (Å²) in [5, 5.41) is 2.77. The van der Waals surface area contributed by atoms with Gasteiger partial charge in [0.05, 0.1) is 0 Å².